The average Bonchev–Trinajstić information content (AvgIpc) is 2.70. The summed E-state index contributed by atoms with van der Waals surface area (Å²) in [5.74, 6) is -0.00269. The van der Waals surface area contributed by atoms with Gasteiger partial charge < -0.3 is 10.6 Å². The molecule has 21 heavy (non-hydrogen) atoms. The van der Waals surface area contributed by atoms with Crippen LogP contribution in [0.1, 0.15) is 56.6 Å². The summed E-state index contributed by atoms with van der Waals surface area (Å²) >= 11 is 0. The summed E-state index contributed by atoms with van der Waals surface area (Å²) in [6, 6.07) is 0.726. The first-order chi connectivity index (χ1) is 9.29. The second-order valence-corrected chi connectivity index (χ2v) is 6.78. The van der Waals surface area contributed by atoms with Crippen molar-refractivity contribution < 1.29 is 4.79 Å². The Bertz CT molecular complexity index is 492. The molecule has 0 spiro atoms. The van der Waals surface area contributed by atoms with Crippen LogP contribution in [0.25, 0.3) is 0 Å². The summed E-state index contributed by atoms with van der Waals surface area (Å²) in [6.45, 7) is 11.3. The van der Waals surface area contributed by atoms with E-state index in [0.29, 0.717) is 11.6 Å². The molecule has 0 saturated carbocycles. The van der Waals surface area contributed by atoms with Gasteiger partial charge in [0, 0.05) is 17.8 Å². The first-order valence-corrected chi connectivity index (χ1v) is 7.38. The van der Waals surface area contributed by atoms with Crippen LogP contribution in [0.3, 0.4) is 0 Å². The predicted molar refractivity (Wildman–Crippen MR) is 87.2 cm³/mol. The molecule has 0 aliphatic carbocycles. The summed E-state index contributed by atoms with van der Waals surface area (Å²) in [5.41, 5.74) is 1.51. The van der Waals surface area contributed by atoms with Gasteiger partial charge in [0.1, 0.15) is 0 Å². The van der Waals surface area contributed by atoms with Crippen LogP contribution in [0.4, 0.5) is 0 Å². The second-order valence-electron chi connectivity index (χ2n) is 6.78. The summed E-state index contributed by atoms with van der Waals surface area (Å²) in [6.07, 6.45) is 3.65. The number of halogens is 1. The normalized spacial score (nSPS) is 22.5. The van der Waals surface area contributed by atoms with Gasteiger partial charge in [-0.05, 0) is 54.0 Å². The average molecular weight is 315 g/mol. The number of hydrogen-bond acceptors (Lipinski definition) is 3. The lowest BCUT2D eigenvalue weighted by molar-refractivity contribution is 0.0925. The highest BCUT2D eigenvalue weighted by Gasteiger charge is 2.24. The molecule has 6 heteroatoms. The van der Waals surface area contributed by atoms with Crippen molar-refractivity contribution in [1.82, 2.24) is 20.4 Å². The summed E-state index contributed by atoms with van der Waals surface area (Å²) in [7, 11) is 0. The van der Waals surface area contributed by atoms with Crippen molar-refractivity contribution in [2.75, 3.05) is 6.54 Å². The van der Waals surface area contributed by atoms with Gasteiger partial charge in [-0.15, -0.1) is 12.4 Å². The molecule has 1 aromatic rings. The quantitative estimate of drug-likeness (QED) is 0.880. The zero-order valence-electron chi connectivity index (χ0n) is 13.6. The molecule has 2 heterocycles. The van der Waals surface area contributed by atoms with Crippen molar-refractivity contribution in [2.45, 2.75) is 65.1 Å². The van der Waals surface area contributed by atoms with Crippen LogP contribution in [-0.4, -0.2) is 34.3 Å². The van der Waals surface area contributed by atoms with E-state index in [1.807, 2.05) is 11.6 Å². The van der Waals surface area contributed by atoms with Crippen LogP contribution < -0.4 is 10.6 Å². The van der Waals surface area contributed by atoms with Gasteiger partial charge in [0.25, 0.3) is 5.91 Å². The Labute approximate surface area is 133 Å². The molecule has 2 unspecified atom stereocenters. The van der Waals surface area contributed by atoms with E-state index in [2.05, 4.69) is 43.4 Å². The van der Waals surface area contributed by atoms with Crippen LogP contribution in [0.5, 0.6) is 0 Å². The van der Waals surface area contributed by atoms with E-state index in [1.54, 1.807) is 6.20 Å². The maximum atomic E-state index is 12.4. The van der Waals surface area contributed by atoms with Crippen molar-refractivity contribution in [1.29, 1.82) is 0 Å². The van der Waals surface area contributed by atoms with Gasteiger partial charge in [-0.2, -0.15) is 5.10 Å². The Hall–Kier alpha value is -1.07. The molecule has 0 aromatic carbocycles. The molecule has 1 aliphatic rings. The van der Waals surface area contributed by atoms with Crippen molar-refractivity contribution in [2.24, 2.45) is 0 Å². The summed E-state index contributed by atoms with van der Waals surface area (Å²) in [4.78, 5) is 12.4. The van der Waals surface area contributed by atoms with Gasteiger partial charge in [-0.25, -0.2) is 0 Å². The first kappa shape index (κ1) is 18.0. The monoisotopic (exact) mass is 314 g/mol. The Balaban J connectivity index is 0.00000220. The first-order valence-electron chi connectivity index (χ1n) is 7.38. The molecular weight excluding hydrogens is 288 g/mol. The molecule has 1 aromatic heterocycles. The maximum Gasteiger partial charge on any atom is 0.254 e. The lowest BCUT2D eigenvalue weighted by Gasteiger charge is -2.28. The molecule has 120 valence electrons. The van der Waals surface area contributed by atoms with Gasteiger partial charge in [0.05, 0.1) is 17.3 Å². The zero-order valence-corrected chi connectivity index (χ0v) is 14.4. The maximum absolute atomic E-state index is 12.4. The van der Waals surface area contributed by atoms with E-state index in [-0.39, 0.29) is 29.9 Å². The number of nitrogens with zero attached hydrogens (tertiary/aromatic N) is 2. The molecule has 1 aliphatic heterocycles. The van der Waals surface area contributed by atoms with Gasteiger partial charge in [-0.1, -0.05) is 0 Å². The molecule has 2 N–H and O–H groups in total. The Morgan fingerprint density at radius 2 is 2.14 bits per heavy atom. The SMILES string of the molecule is Cc1c(C(=O)NC2CCNC(C)C2)cnn1C(C)(C)C.Cl. The van der Waals surface area contributed by atoms with Crippen molar-refractivity contribution in [3.8, 4) is 0 Å². The fourth-order valence-corrected chi connectivity index (χ4v) is 2.84. The minimum absolute atomic E-state index is 0. The second kappa shape index (κ2) is 6.79. The molecule has 1 amide bonds. The number of hydrogen-bond donors (Lipinski definition) is 2. The number of aromatic nitrogens is 2. The Morgan fingerprint density at radius 3 is 2.67 bits per heavy atom. The lowest BCUT2D eigenvalue weighted by Crippen LogP contribution is -2.46. The predicted octanol–water partition coefficient (Wildman–Crippen LogP) is 2.24. The molecule has 5 nitrogen and oxygen atoms in total. The van der Waals surface area contributed by atoms with E-state index in [1.165, 1.54) is 0 Å². The molecule has 0 bridgehead atoms. The third kappa shape index (κ3) is 4.20. The van der Waals surface area contributed by atoms with E-state index < -0.39 is 0 Å². The largest absolute Gasteiger partial charge is 0.349 e. The molecular formula is C15H27ClN4O. The van der Waals surface area contributed by atoms with Gasteiger partial charge in [-0.3, -0.25) is 9.48 Å². The molecule has 1 fully saturated rings. The van der Waals surface area contributed by atoms with Crippen LogP contribution in [0, 0.1) is 6.92 Å². The Kier molecular flexibility index (Phi) is 5.82. The minimum atomic E-state index is -0.105. The highest BCUT2D eigenvalue weighted by molar-refractivity contribution is 5.95. The molecule has 1 saturated heterocycles. The van der Waals surface area contributed by atoms with Gasteiger partial charge in [0.15, 0.2) is 0 Å². The number of nitrogens with one attached hydrogen (secondary N) is 2. The third-order valence-electron chi connectivity index (χ3n) is 3.85. The number of carbonyl (C=O) groups excluding carboxylic acids is 1. The van der Waals surface area contributed by atoms with Crippen molar-refractivity contribution in [3.63, 3.8) is 0 Å². The van der Waals surface area contributed by atoms with Crippen LogP contribution in [0.2, 0.25) is 0 Å². The number of rotatable bonds is 2. The van der Waals surface area contributed by atoms with Crippen molar-refractivity contribution in [3.05, 3.63) is 17.5 Å². The smallest absolute Gasteiger partial charge is 0.254 e. The molecule has 0 radical (unpaired) electrons. The summed E-state index contributed by atoms with van der Waals surface area (Å²) < 4.78 is 1.91. The molecule has 2 atom stereocenters. The number of piperidine rings is 1. The summed E-state index contributed by atoms with van der Waals surface area (Å²) in [5, 5.41) is 10.9. The van der Waals surface area contributed by atoms with Crippen LogP contribution in [0.15, 0.2) is 6.20 Å². The number of amides is 1. The lowest BCUT2D eigenvalue weighted by atomic mass is 10.0. The van der Waals surface area contributed by atoms with Crippen LogP contribution in [-0.2, 0) is 5.54 Å². The minimum Gasteiger partial charge on any atom is -0.349 e. The van der Waals surface area contributed by atoms with Gasteiger partial charge >= 0.3 is 0 Å². The fourth-order valence-electron chi connectivity index (χ4n) is 2.84. The zero-order chi connectivity index (χ0) is 14.9. The highest BCUT2D eigenvalue weighted by atomic mass is 35.5. The Morgan fingerprint density at radius 1 is 1.48 bits per heavy atom. The van der Waals surface area contributed by atoms with E-state index in [9.17, 15) is 4.79 Å². The standard InChI is InChI=1S/C15H26N4O.ClH/c1-10-8-12(6-7-16-10)18-14(20)13-9-17-19(11(13)2)15(3,4)5;/h9-10,12,16H,6-8H2,1-5H3,(H,18,20);1H. The van der Waals surface area contributed by atoms with Crippen molar-refractivity contribution >= 4 is 18.3 Å². The topological polar surface area (TPSA) is 59.0 Å². The van der Waals surface area contributed by atoms with Crippen LogP contribution >= 0.6 is 12.4 Å². The van der Waals surface area contributed by atoms with E-state index in [0.717, 1.165) is 25.1 Å². The van der Waals surface area contributed by atoms with E-state index in [4.69, 9.17) is 0 Å². The molecule has 2 rings (SSSR count). The third-order valence-corrected chi connectivity index (χ3v) is 3.85. The fraction of sp³-hybridized carbons (Fsp3) is 0.733. The highest BCUT2D eigenvalue weighted by Crippen LogP contribution is 2.18. The van der Waals surface area contributed by atoms with E-state index >= 15 is 0 Å². The van der Waals surface area contributed by atoms with Gasteiger partial charge in [0.2, 0.25) is 0 Å². The number of carbonyl (C=O) groups is 1.